The molecule has 0 unspecified atom stereocenters. The molecule has 1 aromatic carbocycles. The highest BCUT2D eigenvalue weighted by molar-refractivity contribution is 7.79. The topological polar surface area (TPSA) is 38.7 Å². The predicted molar refractivity (Wildman–Crippen MR) is 90.3 cm³/mol. The summed E-state index contributed by atoms with van der Waals surface area (Å²) in [5.74, 6) is 0.687. The molecule has 1 aliphatic rings. The molecule has 1 saturated heterocycles. The highest BCUT2D eigenvalue weighted by Crippen LogP contribution is 2.38. The number of rotatable bonds is 4. The van der Waals surface area contributed by atoms with Crippen LogP contribution in [0.5, 0.6) is 0 Å². The monoisotopic (exact) mass is 306 g/mol. The van der Waals surface area contributed by atoms with Crippen molar-refractivity contribution in [2.75, 3.05) is 6.61 Å². The second-order valence-electron chi connectivity index (χ2n) is 6.37. The summed E-state index contributed by atoms with van der Waals surface area (Å²) >= 11 is 4.28. The van der Waals surface area contributed by atoms with Crippen LogP contribution in [0.2, 0.25) is 0 Å². The molecule has 0 bridgehead atoms. The summed E-state index contributed by atoms with van der Waals surface area (Å²) in [7, 11) is -0.514. The minimum absolute atomic E-state index is 0.0953. The molecule has 21 heavy (non-hydrogen) atoms. The van der Waals surface area contributed by atoms with Crippen molar-refractivity contribution in [3.8, 4) is 0 Å². The van der Waals surface area contributed by atoms with Crippen molar-refractivity contribution in [1.82, 2.24) is 0 Å². The number of thiol groups is 1. The van der Waals surface area contributed by atoms with Crippen LogP contribution in [-0.4, -0.2) is 30.0 Å². The Morgan fingerprint density at radius 2 is 1.86 bits per heavy atom. The van der Waals surface area contributed by atoms with Crippen molar-refractivity contribution < 1.29 is 14.4 Å². The maximum atomic E-state index is 9.67. The molecule has 0 saturated carbocycles. The molecular formula is C16H23BO3S. The zero-order valence-electron chi connectivity index (χ0n) is 13.1. The van der Waals surface area contributed by atoms with Gasteiger partial charge in [0.25, 0.3) is 0 Å². The van der Waals surface area contributed by atoms with Crippen LogP contribution in [0.4, 0.5) is 0 Å². The van der Waals surface area contributed by atoms with Crippen molar-refractivity contribution in [3.63, 3.8) is 0 Å². The molecule has 1 aliphatic heterocycles. The molecule has 0 aromatic heterocycles. The first-order chi connectivity index (χ1) is 9.79. The molecule has 5 heteroatoms. The van der Waals surface area contributed by atoms with Crippen LogP contribution in [0, 0.1) is 0 Å². The Morgan fingerprint density at radius 3 is 2.38 bits per heavy atom. The van der Waals surface area contributed by atoms with Crippen molar-refractivity contribution in [3.05, 3.63) is 40.9 Å². The van der Waals surface area contributed by atoms with Gasteiger partial charge in [0.1, 0.15) is 0 Å². The predicted octanol–water partition coefficient (Wildman–Crippen LogP) is 3.12. The number of aliphatic hydroxyl groups excluding tert-OH is 1. The van der Waals surface area contributed by atoms with E-state index in [4.69, 9.17) is 9.31 Å². The summed E-state index contributed by atoms with van der Waals surface area (Å²) < 4.78 is 12.0. The standard InChI is InChI=1S/C16H23BO3S/c1-15(2)16(3,4)20-17(19-15)14(10-18)9-12-6-5-7-13(8-12)11-21/h5-9,18,21H,10-11H2,1-4H3. The first-order valence-electron chi connectivity index (χ1n) is 7.16. The molecule has 1 heterocycles. The van der Waals surface area contributed by atoms with Gasteiger partial charge in [-0.15, -0.1) is 0 Å². The highest BCUT2D eigenvalue weighted by atomic mass is 32.1. The summed E-state index contributed by atoms with van der Waals surface area (Å²) in [5, 5.41) is 9.67. The highest BCUT2D eigenvalue weighted by Gasteiger charge is 2.52. The smallest absolute Gasteiger partial charge is 0.400 e. The average Bonchev–Trinajstić information content (AvgIpc) is 2.65. The zero-order chi connectivity index (χ0) is 15.7. The molecule has 2 rings (SSSR count). The van der Waals surface area contributed by atoms with Gasteiger partial charge in [-0.2, -0.15) is 12.6 Å². The second-order valence-corrected chi connectivity index (χ2v) is 6.68. The van der Waals surface area contributed by atoms with Crippen molar-refractivity contribution in [2.45, 2.75) is 44.6 Å². The summed E-state index contributed by atoms with van der Waals surface area (Å²) in [6, 6.07) is 8.05. The molecule has 0 aliphatic carbocycles. The van der Waals surface area contributed by atoms with E-state index >= 15 is 0 Å². The van der Waals surface area contributed by atoms with Crippen LogP contribution in [0.25, 0.3) is 6.08 Å². The molecule has 1 N–H and O–H groups in total. The number of aliphatic hydroxyl groups is 1. The number of benzene rings is 1. The third-order valence-corrected chi connectivity index (χ3v) is 4.59. The Kier molecular flexibility index (Phi) is 4.88. The van der Waals surface area contributed by atoms with E-state index in [9.17, 15) is 5.11 Å². The fourth-order valence-corrected chi connectivity index (χ4v) is 2.37. The van der Waals surface area contributed by atoms with E-state index in [1.165, 1.54) is 0 Å². The van der Waals surface area contributed by atoms with Crippen LogP contribution in [-0.2, 0) is 15.1 Å². The lowest BCUT2D eigenvalue weighted by Gasteiger charge is -2.32. The van der Waals surface area contributed by atoms with Crippen molar-refractivity contribution >= 4 is 25.8 Å². The van der Waals surface area contributed by atoms with E-state index in [2.05, 4.69) is 12.6 Å². The fourth-order valence-electron chi connectivity index (χ4n) is 2.18. The molecule has 0 amide bonds. The second kappa shape index (κ2) is 6.17. The van der Waals surface area contributed by atoms with Crippen LogP contribution in [0.3, 0.4) is 0 Å². The molecule has 114 valence electrons. The van der Waals surface area contributed by atoms with E-state index in [0.29, 0.717) is 5.75 Å². The van der Waals surface area contributed by atoms with Gasteiger partial charge in [-0.3, -0.25) is 0 Å². The number of hydrogen-bond acceptors (Lipinski definition) is 4. The van der Waals surface area contributed by atoms with E-state index in [-0.39, 0.29) is 6.61 Å². The van der Waals surface area contributed by atoms with E-state index in [1.807, 2.05) is 58.0 Å². The van der Waals surface area contributed by atoms with Gasteiger partial charge in [-0.05, 0) is 44.3 Å². The van der Waals surface area contributed by atoms with E-state index < -0.39 is 18.3 Å². The Morgan fingerprint density at radius 1 is 1.24 bits per heavy atom. The summed E-state index contributed by atoms with van der Waals surface area (Å²) in [4.78, 5) is 0. The molecule has 0 radical (unpaired) electrons. The quantitative estimate of drug-likeness (QED) is 0.663. The molecule has 0 spiro atoms. The van der Waals surface area contributed by atoms with Crippen LogP contribution >= 0.6 is 12.6 Å². The lowest BCUT2D eigenvalue weighted by atomic mass is 9.77. The summed E-state index contributed by atoms with van der Waals surface area (Å²) in [5.41, 5.74) is 2.07. The lowest BCUT2D eigenvalue weighted by molar-refractivity contribution is 0.00578. The van der Waals surface area contributed by atoms with Gasteiger partial charge in [-0.25, -0.2) is 0 Å². The van der Waals surface area contributed by atoms with Crippen LogP contribution < -0.4 is 0 Å². The maximum absolute atomic E-state index is 9.67. The van der Waals surface area contributed by atoms with Crippen molar-refractivity contribution in [1.29, 1.82) is 0 Å². The maximum Gasteiger partial charge on any atom is 0.492 e. The van der Waals surface area contributed by atoms with Crippen molar-refractivity contribution in [2.24, 2.45) is 0 Å². The first-order valence-corrected chi connectivity index (χ1v) is 7.79. The van der Waals surface area contributed by atoms with Crippen LogP contribution in [0.15, 0.2) is 29.7 Å². The Labute approximate surface area is 132 Å². The third-order valence-electron chi connectivity index (χ3n) is 4.22. The molecular weight excluding hydrogens is 283 g/mol. The van der Waals surface area contributed by atoms with E-state index in [0.717, 1.165) is 16.6 Å². The SMILES string of the molecule is CC1(C)OB(C(=Cc2cccc(CS)c2)CO)OC1(C)C. The Bertz CT molecular complexity index is 524. The van der Waals surface area contributed by atoms with Gasteiger partial charge in [0.2, 0.25) is 0 Å². The van der Waals surface area contributed by atoms with Gasteiger partial charge in [0, 0.05) is 5.75 Å². The van der Waals surface area contributed by atoms with Gasteiger partial charge < -0.3 is 14.4 Å². The Balaban J connectivity index is 2.26. The molecule has 3 nitrogen and oxygen atoms in total. The minimum Gasteiger partial charge on any atom is -0.400 e. The molecule has 0 atom stereocenters. The number of hydrogen-bond donors (Lipinski definition) is 2. The normalized spacial score (nSPS) is 20.9. The third kappa shape index (κ3) is 3.54. The zero-order valence-corrected chi connectivity index (χ0v) is 14.0. The van der Waals surface area contributed by atoms with Gasteiger partial charge >= 0.3 is 7.12 Å². The average molecular weight is 306 g/mol. The first kappa shape index (κ1) is 16.6. The van der Waals surface area contributed by atoms with E-state index in [1.54, 1.807) is 0 Å². The largest absolute Gasteiger partial charge is 0.492 e. The van der Waals surface area contributed by atoms with Gasteiger partial charge in [-0.1, -0.05) is 30.3 Å². The fraction of sp³-hybridized carbons (Fsp3) is 0.500. The molecule has 1 aromatic rings. The van der Waals surface area contributed by atoms with Gasteiger partial charge in [0.05, 0.1) is 17.8 Å². The molecule has 1 fully saturated rings. The lowest BCUT2D eigenvalue weighted by Crippen LogP contribution is -2.41. The minimum atomic E-state index is -0.514. The summed E-state index contributed by atoms with van der Waals surface area (Å²) in [6.45, 7) is 7.92. The van der Waals surface area contributed by atoms with Crippen LogP contribution in [0.1, 0.15) is 38.8 Å². The van der Waals surface area contributed by atoms with Gasteiger partial charge in [0.15, 0.2) is 0 Å². The Hall–Kier alpha value is -0.745. The summed E-state index contributed by atoms with van der Waals surface area (Å²) in [6.07, 6.45) is 1.93.